The Balaban J connectivity index is 1.42. The third kappa shape index (κ3) is 5.79. The molecule has 0 fully saturated rings. The van der Waals surface area contributed by atoms with Crippen LogP contribution in [0.4, 0.5) is 5.00 Å². The van der Waals surface area contributed by atoms with Gasteiger partial charge in [-0.15, -0.1) is 11.3 Å². The van der Waals surface area contributed by atoms with Crippen molar-refractivity contribution in [2.45, 2.75) is 50.5 Å². The zero-order chi connectivity index (χ0) is 24.8. The molecular formula is C24H27N3O6S2. The van der Waals surface area contributed by atoms with Gasteiger partial charge in [-0.05, 0) is 55.0 Å². The predicted molar refractivity (Wildman–Crippen MR) is 130 cm³/mol. The molecule has 11 heteroatoms. The van der Waals surface area contributed by atoms with Gasteiger partial charge in [0.25, 0.3) is 5.03 Å². The lowest BCUT2D eigenvalue weighted by atomic mass is 10.1. The van der Waals surface area contributed by atoms with E-state index in [1.807, 2.05) is 0 Å². The average molecular weight is 518 g/mol. The molecule has 0 radical (unpaired) electrons. The first-order chi connectivity index (χ1) is 17.0. The molecule has 35 heavy (non-hydrogen) atoms. The number of hydrogen-bond donors (Lipinski definition) is 1. The molecule has 1 N–H and O–H groups in total. The summed E-state index contributed by atoms with van der Waals surface area (Å²) in [4.78, 5) is 26.6. The molecule has 1 aliphatic rings. The van der Waals surface area contributed by atoms with Crippen molar-refractivity contribution in [1.82, 2.24) is 5.27 Å². The molecule has 1 aliphatic carbocycles. The number of anilines is 1. The third-order valence-electron chi connectivity index (χ3n) is 5.61. The number of esters is 1. The molecule has 0 saturated heterocycles. The highest BCUT2D eigenvalue weighted by Gasteiger charge is 2.27. The summed E-state index contributed by atoms with van der Waals surface area (Å²) in [5, 5.41) is 19.7. The maximum atomic E-state index is 12.8. The van der Waals surface area contributed by atoms with Crippen molar-refractivity contribution in [3.8, 4) is 17.4 Å². The molecule has 0 saturated carbocycles. The summed E-state index contributed by atoms with van der Waals surface area (Å²) in [6.07, 6.45) is 5.08. The highest BCUT2D eigenvalue weighted by Crippen LogP contribution is 2.38. The molecule has 0 aliphatic heterocycles. The van der Waals surface area contributed by atoms with Gasteiger partial charge in [-0.3, -0.25) is 4.79 Å². The van der Waals surface area contributed by atoms with Crippen molar-refractivity contribution in [3.63, 3.8) is 0 Å². The minimum absolute atomic E-state index is 0.142. The second kappa shape index (κ2) is 11.6. The Morgan fingerprint density at radius 3 is 2.74 bits per heavy atom. The van der Waals surface area contributed by atoms with Crippen LogP contribution in [-0.4, -0.2) is 36.6 Å². The fraction of sp³-hybridized carbons (Fsp3) is 0.417. The van der Waals surface area contributed by atoms with Gasteiger partial charge in [0, 0.05) is 29.2 Å². The van der Waals surface area contributed by atoms with Crippen LogP contribution in [0.3, 0.4) is 0 Å². The van der Waals surface area contributed by atoms with E-state index in [1.54, 1.807) is 38.3 Å². The number of nitrogens with one attached hydrogen (secondary N) is 1. The van der Waals surface area contributed by atoms with Gasteiger partial charge in [-0.1, -0.05) is 18.2 Å². The van der Waals surface area contributed by atoms with Crippen LogP contribution in [0.5, 0.6) is 11.7 Å². The van der Waals surface area contributed by atoms with Crippen LogP contribution in [0.2, 0.25) is 0 Å². The van der Waals surface area contributed by atoms with Gasteiger partial charge in [0.2, 0.25) is 11.6 Å². The van der Waals surface area contributed by atoms with Gasteiger partial charge in [0.1, 0.15) is 10.8 Å². The fourth-order valence-electron chi connectivity index (χ4n) is 3.93. The monoisotopic (exact) mass is 517 g/mol. The van der Waals surface area contributed by atoms with Crippen LogP contribution in [0, 0.1) is 0 Å². The summed E-state index contributed by atoms with van der Waals surface area (Å²) in [5.41, 5.74) is 2.15. The van der Waals surface area contributed by atoms with Crippen LogP contribution in [0.15, 0.2) is 33.8 Å². The van der Waals surface area contributed by atoms with Crippen molar-refractivity contribution < 1.29 is 33.4 Å². The van der Waals surface area contributed by atoms with Crippen molar-refractivity contribution in [2.75, 3.05) is 24.8 Å². The van der Waals surface area contributed by atoms with Crippen LogP contribution in [-0.2, 0) is 22.4 Å². The number of hydrogen-bond acceptors (Lipinski definition) is 9. The highest BCUT2D eigenvalue weighted by molar-refractivity contribution is 7.99. The Hall–Kier alpha value is -3.05. The van der Waals surface area contributed by atoms with E-state index < -0.39 is 11.9 Å². The van der Waals surface area contributed by atoms with Gasteiger partial charge in [-0.2, -0.15) is 0 Å². The van der Waals surface area contributed by atoms with Gasteiger partial charge < -0.3 is 24.4 Å². The molecule has 0 bridgehead atoms. The minimum atomic E-state index is -0.571. The van der Waals surface area contributed by atoms with E-state index in [-0.39, 0.29) is 24.0 Å². The number of methoxy groups -OCH3 is 1. The van der Waals surface area contributed by atoms with Crippen LogP contribution in [0.1, 0.15) is 53.4 Å². The van der Waals surface area contributed by atoms with E-state index >= 15 is 0 Å². The first-order valence-corrected chi connectivity index (χ1v) is 13.3. The quantitative estimate of drug-likeness (QED) is 0.198. The fourth-order valence-corrected chi connectivity index (χ4v) is 6.12. The lowest BCUT2D eigenvalue weighted by molar-refractivity contribution is -0.705. The molecule has 4 rings (SSSR count). The zero-order valence-electron chi connectivity index (χ0n) is 19.6. The van der Waals surface area contributed by atoms with Crippen molar-refractivity contribution in [1.29, 1.82) is 0 Å². The standard InChI is InChI=1S/C24H27N3O6S2/c1-3-32-23(29)20-17-7-5-4-6-8-18(17)35-21(20)25-19(28)13-14-34-22-24(30)33-26-27(22)15-9-11-16(31-2)12-10-15/h9-12H,3-8,13-14H2,1-2H3,(H-,25,26,28,29,30). The number of carbonyl (C=O) groups is 2. The Morgan fingerprint density at radius 2 is 2.00 bits per heavy atom. The number of aromatic nitrogens is 2. The molecule has 0 spiro atoms. The van der Waals surface area contributed by atoms with Crippen molar-refractivity contribution >= 4 is 40.0 Å². The normalized spacial score (nSPS) is 13.1. The molecule has 1 aromatic carbocycles. The number of nitrogens with zero attached hydrogens (tertiary/aromatic N) is 2. The van der Waals surface area contributed by atoms with Crippen molar-refractivity contribution in [3.05, 3.63) is 40.3 Å². The molecule has 0 atom stereocenters. The summed E-state index contributed by atoms with van der Waals surface area (Å²) >= 11 is 2.65. The number of benzene rings is 1. The smallest absolute Gasteiger partial charge is 0.341 e. The number of rotatable bonds is 9. The highest BCUT2D eigenvalue weighted by atomic mass is 32.2. The van der Waals surface area contributed by atoms with E-state index in [9.17, 15) is 14.7 Å². The first-order valence-electron chi connectivity index (χ1n) is 11.5. The second-order valence-corrected chi connectivity index (χ2v) is 10.1. The maximum Gasteiger partial charge on any atom is 0.341 e. The zero-order valence-corrected chi connectivity index (χ0v) is 21.3. The Labute approximate surface area is 211 Å². The van der Waals surface area contributed by atoms with E-state index in [0.29, 0.717) is 27.8 Å². The Morgan fingerprint density at radius 1 is 1.23 bits per heavy atom. The topological polar surface area (TPSA) is 118 Å². The molecule has 1 amide bonds. The van der Waals surface area contributed by atoms with Crippen LogP contribution >= 0.6 is 23.1 Å². The molecule has 186 valence electrons. The maximum absolute atomic E-state index is 12.8. The first kappa shape index (κ1) is 25.1. The summed E-state index contributed by atoms with van der Waals surface area (Å²) in [6.45, 7) is 2.05. The SMILES string of the molecule is CCOC(=O)c1c(NC(=O)CCSc2c([O-])on[n+]2-c2ccc(OC)cc2)sc2c1CCCCC2. The molecule has 2 aromatic heterocycles. The minimum Gasteiger partial charge on any atom is -0.538 e. The van der Waals surface area contributed by atoms with E-state index in [0.717, 1.165) is 42.5 Å². The van der Waals surface area contributed by atoms with Crippen LogP contribution in [0.25, 0.3) is 5.69 Å². The average Bonchev–Trinajstić information content (AvgIpc) is 3.29. The van der Waals surface area contributed by atoms with E-state index in [4.69, 9.17) is 14.0 Å². The van der Waals surface area contributed by atoms with Gasteiger partial charge >= 0.3 is 5.97 Å². The lowest BCUT2D eigenvalue weighted by Gasteiger charge is -2.08. The predicted octanol–water partition coefficient (Wildman–Crippen LogP) is 3.66. The molecular weight excluding hydrogens is 490 g/mol. The summed E-state index contributed by atoms with van der Waals surface area (Å²) in [5.74, 6) is -0.188. The van der Waals surface area contributed by atoms with Gasteiger partial charge in [0.05, 0.1) is 24.6 Å². The summed E-state index contributed by atoms with van der Waals surface area (Å²) < 4.78 is 16.7. The number of aryl methyl sites for hydroxylation is 1. The number of ether oxygens (including phenoxy) is 2. The molecule has 2 heterocycles. The summed E-state index contributed by atoms with van der Waals surface area (Å²) in [7, 11) is 1.57. The second-order valence-electron chi connectivity index (χ2n) is 7.91. The summed E-state index contributed by atoms with van der Waals surface area (Å²) in [6, 6.07) is 7.03. The largest absolute Gasteiger partial charge is 0.538 e. The number of thiophene rings is 1. The van der Waals surface area contributed by atoms with Gasteiger partial charge in [0.15, 0.2) is 5.95 Å². The van der Waals surface area contributed by atoms with E-state index in [2.05, 4.69) is 10.6 Å². The molecule has 3 aromatic rings. The number of amides is 1. The number of carbonyl (C=O) groups excluding carboxylic acids is 2. The van der Waals surface area contributed by atoms with Gasteiger partial charge in [-0.25, -0.2) is 4.79 Å². The van der Waals surface area contributed by atoms with E-state index in [1.165, 1.54) is 27.8 Å². The third-order valence-corrected chi connectivity index (χ3v) is 7.84. The number of fused-ring (bicyclic) bond motifs is 1. The van der Waals surface area contributed by atoms with Crippen molar-refractivity contribution in [2.24, 2.45) is 0 Å². The Bertz CT molecular complexity index is 1190. The molecule has 9 nitrogen and oxygen atoms in total. The molecule has 0 unspecified atom stereocenters. The Kier molecular flexibility index (Phi) is 8.29. The van der Waals surface area contributed by atoms with Crippen LogP contribution < -0.4 is 19.8 Å². The lowest BCUT2D eigenvalue weighted by Crippen LogP contribution is -2.34. The number of thioether (sulfide) groups is 1.